The largest absolute Gasteiger partial charge is 0.444 e. The number of carbonyl (C=O) groups is 1. The summed E-state index contributed by atoms with van der Waals surface area (Å²) in [4.78, 5) is 15.0. The monoisotopic (exact) mass is 380 g/mol. The van der Waals surface area contributed by atoms with E-state index in [1.54, 1.807) is 0 Å². The lowest BCUT2D eigenvalue weighted by molar-refractivity contribution is 0.0484. The van der Waals surface area contributed by atoms with Crippen molar-refractivity contribution in [2.75, 3.05) is 13.1 Å². The minimum atomic E-state index is -0.505. The Labute approximate surface area is 168 Å². The molecular weight excluding hydrogens is 348 g/mol. The number of rotatable bonds is 5. The van der Waals surface area contributed by atoms with Crippen LogP contribution in [0.4, 0.5) is 4.79 Å². The molecule has 1 aliphatic rings. The van der Waals surface area contributed by atoms with E-state index in [1.807, 2.05) is 39.0 Å². The second-order valence-electron chi connectivity index (χ2n) is 8.66. The second kappa shape index (κ2) is 8.78. The Kier molecular flexibility index (Phi) is 6.40. The number of ether oxygens (including phenoxy) is 1. The summed E-state index contributed by atoms with van der Waals surface area (Å²) in [7, 11) is 0. The van der Waals surface area contributed by atoms with Gasteiger partial charge in [-0.25, -0.2) is 4.79 Å². The Morgan fingerprint density at radius 1 is 1.04 bits per heavy atom. The van der Waals surface area contributed by atoms with Crippen LogP contribution in [0.25, 0.3) is 0 Å². The molecule has 3 unspecified atom stereocenters. The highest BCUT2D eigenvalue weighted by Crippen LogP contribution is 2.34. The Bertz CT molecular complexity index is 755. The van der Waals surface area contributed by atoms with Crippen LogP contribution in [-0.4, -0.2) is 29.7 Å². The Morgan fingerprint density at radius 3 is 2.18 bits per heavy atom. The summed E-state index contributed by atoms with van der Waals surface area (Å²) < 4.78 is 5.53. The van der Waals surface area contributed by atoms with Gasteiger partial charge in [0.05, 0.1) is 6.04 Å². The third kappa shape index (κ3) is 5.35. The quantitative estimate of drug-likeness (QED) is 0.762. The molecule has 3 rings (SSSR count). The molecule has 1 amide bonds. The molecule has 0 bridgehead atoms. The lowest BCUT2D eigenvalue weighted by Gasteiger charge is -2.29. The average molecular weight is 381 g/mol. The molecule has 2 aromatic carbocycles. The molecule has 0 aliphatic carbocycles. The number of amides is 1. The molecule has 0 spiro atoms. The average Bonchev–Trinajstić information content (AvgIpc) is 3.15. The van der Waals surface area contributed by atoms with E-state index >= 15 is 0 Å². The van der Waals surface area contributed by atoms with Gasteiger partial charge in [0.15, 0.2) is 0 Å². The highest BCUT2D eigenvalue weighted by molar-refractivity contribution is 5.68. The molecule has 4 nitrogen and oxygen atoms in total. The first-order valence-electron chi connectivity index (χ1n) is 10.2. The standard InChI is InChI=1S/C24H32N2O2/c1-18(19-11-7-5-8-12-19)26-16-15-21(17-26)22(20-13-9-6-10-14-20)25-23(27)28-24(2,3)4/h5-14,18,21-22H,15-17H2,1-4H3,(H,25,27). The molecule has 0 radical (unpaired) electrons. The third-order valence-corrected chi connectivity index (χ3v) is 5.39. The van der Waals surface area contributed by atoms with Crippen molar-refractivity contribution in [2.45, 2.75) is 51.8 Å². The molecule has 0 saturated carbocycles. The zero-order chi connectivity index (χ0) is 20.1. The van der Waals surface area contributed by atoms with Gasteiger partial charge in [-0.15, -0.1) is 0 Å². The Balaban J connectivity index is 1.73. The van der Waals surface area contributed by atoms with Crippen LogP contribution in [-0.2, 0) is 4.74 Å². The zero-order valence-corrected chi connectivity index (χ0v) is 17.4. The minimum absolute atomic E-state index is 0.0518. The summed E-state index contributed by atoms with van der Waals surface area (Å²) in [6.45, 7) is 9.91. The normalized spacial score (nSPS) is 19.8. The van der Waals surface area contributed by atoms with Crippen LogP contribution in [0.3, 0.4) is 0 Å². The molecule has 1 aliphatic heterocycles. The second-order valence-corrected chi connectivity index (χ2v) is 8.66. The predicted octanol–water partition coefficient (Wildman–Crippen LogP) is 5.34. The van der Waals surface area contributed by atoms with E-state index in [9.17, 15) is 4.79 Å². The number of nitrogens with zero attached hydrogens (tertiary/aromatic N) is 1. The SMILES string of the molecule is CC(c1ccccc1)N1CCC(C(NC(=O)OC(C)(C)C)c2ccccc2)C1. The molecule has 1 N–H and O–H groups in total. The van der Waals surface area contributed by atoms with Crippen LogP contribution in [0, 0.1) is 5.92 Å². The molecule has 28 heavy (non-hydrogen) atoms. The van der Waals surface area contributed by atoms with Gasteiger partial charge in [0, 0.05) is 12.6 Å². The fourth-order valence-corrected chi connectivity index (χ4v) is 3.95. The first-order chi connectivity index (χ1) is 13.3. The van der Waals surface area contributed by atoms with Crippen LogP contribution < -0.4 is 5.32 Å². The van der Waals surface area contributed by atoms with Crippen molar-refractivity contribution in [1.29, 1.82) is 0 Å². The molecule has 1 heterocycles. The Morgan fingerprint density at radius 2 is 1.61 bits per heavy atom. The number of alkyl carbamates (subject to hydrolysis) is 1. The lowest BCUT2D eigenvalue weighted by Crippen LogP contribution is -2.38. The maximum atomic E-state index is 12.5. The number of hydrogen-bond donors (Lipinski definition) is 1. The van der Waals surface area contributed by atoms with Crippen LogP contribution in [0.15, 0.2) is 60.7 Å². The fourth-order valence-electron chi connectivity index (χ4n) is 3.95. The summed E-state index contributed by atoms with van der Waals surface area (Å²) in [5.74, 6) is 0.348. The fraction of sp³-hybridized carbons (Fsp3) is 0.458. The zero-order valence-electron chi connectivity index (χ0n) is 17.4. The van der Waals surface area contributed by atoms with Crippen LogP contribution >= 0.6 is 0 Å². The lowest BCUT2D eigenvalue weighted by atomic mass is 9.92. The number of carbonyl (C=O) groups excluding carboxylic acids is 1. The maximum Gasteiger partial charge on any atom is 0.408 e. The summed E-state index contributed by atoms with van der Waals surface area (Å²) >= 11 is 0. The van der Waals surface area contributed by atoms with Crippen LogP contribution in [0.2, 0.25) is 0 Å². The first kappa shape index (κ1) is 20.4. The summed E-state index contributed by atoms with van der Waals surface area (Å²) in [6, 6.07) is 21.2. The summed E-state index contributed by atoms with van der Waals surface area (Å²) in [6.07, 6.45) is 0.697. The van der Waals surface area contributed by atoms with E-state index in [2.05, 4.69) is 59.6 Å². The number of nitrogens with one attached hydrogen (secondary N) is 1. The summed E-state index contributed by atoms with van der Waals surface area (Å²) in [5.41, 5.74) is 1.96. The van der Waals surface area contributed by atoms with E-state index in [4.69, 9.17) is 4.74 Å². The van der Waals surface area contributed by atoms with E-state index in [0.717, 1.165) is 25.1 Å². The Hall–Kier alpha value is -2.33. The van der Waals surface area contributed by atoms with Gasteiger partial charge in [-0.3, -0.25) is 4.90 Å². The van der Waals surface area contributed by atoms with Gasteiger partial charge < -0.3 is 10.1 Å². The number of benzene rings is 2. The predicted molar refractivity (Wildman–Crippen MR) is 113 cm³/mol. The topological polar surface area (TPSA) is 41.6 Å². The van der Waals surface area contributed by atoms with Crippen LogP contribution in [0.5, 0.6) is 0 Å². The molecule has 3 atom stereocenters. The van der Waals surface area contributed by atoms with Crippen molar-refractivity contribution in [3.63, 3.8) is 0 Å². The third-order valence-electron chi connectivity index (χ3n) is 5.39. The molecule has 1 saturated heterocycles. The molecule has 4 heteroatoms. The van der Waals surface area contributed by atoms with Crippen molar-refractivity contribution >= 4 is 6.09 Å². The van der Waals surface area contributed by atoms with E-state index in [-0.39, 0.29) is 12.1 Å². The van der Waals surface area contributed by atoms with Gasteiger partial charge in [-0.1, -0.05) is 60.7 Å². The van der Waals surface area contributed by atoms with Crippen LogP contribution in [0.1, 0.15) is 57.3 Å². The van der Waals surface area contributed by atoms with Crippen molar-refractivity contribution in [1.82, 2.24) is 10.2 Å². The number of likely N-dealkylation sites (tertiary alicyclic amines) is 1. The van der Waals surface area contributed by atoms with E-state index in [0.29, 0.717) is 12.0 Å². The van der Waals surface area contributed by atoms with Gasteiger partial charge in [0.25, 0.3) is 0 Å². The maximum absolute atomic E-state index is 12.5. The van der Waals surface area contributed by atoms with Crippen molar-refractivity contribution < 1.29 is 9.53 Å². The summed E-state index contributed by atoms with van der Waals surface area (Å²) in [5, 5.41) is 3.14. The van der Waals surface area contributed by atoms with Crippen molar-refractivity contribution in [2.24, 2.45) is 5.92 Å². The molecular formula is C24H32N2O2. The number of hydrogen-bond acceptors (Lipinski definition) is 3. The first-order valence-corrected chi connectivity index (χ1v) is 10.2. The van der Waals surface area contributed by atoms with Gasteiger partial charge >= 0.3 is 6.09 Å². The van der Waals surface area contributed by atoms with Crippen molar-refractivity contribution in [3.05, 3.63) is 71.8 Å². The molecule has 0 aromatic heterocycles. The van der Waals surface area contributed by atoms with E-state index in [1.165, 1.54) is 5.56 Å². The highest BCUT2D eigenvalue weighted by Gasteiger charge is 2.34. The smallest absolute Gasteiger partial charge is 0.408 e. The molecule has 2 aromatic rings. The van der Waals surface area contributed by atoms with Crippen molar-refractivity contribution in [3.8, 4) is 0 Å². The van der Waals surface area contributed by atoms with Gasteiger partial charge in [-0.2, -0.15) is 0 Å². The molecule has 1 fully saturated rings. The minimum Gasteiger partial charge on any atom is -0.444 e. The van der Waals surface area contributed by atoms with Gasteiger partial charge in [0.2, 0.25) is 0 Å². The van der Waals surface area contributed by atoms with Gasteiger partial charge in [-0.05, 0) is 57.7 Å². The van der Waals surface area contributed by atoms with E-state index < -0.39 is 5.60 Å². The highest BCUT2D eigenvalue weighted by atomic mass is 16.6. The molecule has 150 valence electrons. The van der Waals surface area contributed by atoms with Gasteiger partial charge in [0.1, 0.15) is 5.60 Å².